The Morgan fingerprint density at radius 2 is 0.673 bits per heavy atom. The SMILES string of the molecule is CCCCCCCCCCCCCC(=O)O[C@H](COC(=O)CCCCCCCCCCC(C)C)COC(=O)CCCCCCCCC(C)C. The van der Waals surface area contributed by atoms with Crippen molar-refractivity contribution in [2.24, 2.45) is 11.8 Å². The van der Waals surface area contributed by atoms with Crippen LogP contribution in [0.25, 0.3) is 0 Å². The lowest BCUT2D eigenvalue weighted by Crippen LogP contribution is -2.30. The average molecular weight is 695 g/mol. The Morgan fingerprint density at radius 3 is 1.00 bits per heavy atom. The standard InChI is InChI=1S/C43H82O6/c1-6-7-8-9-10-11-12-13-18-25-30-35-43(46)49-40(37-48-42(45)34-29-24-20-19-22-27-32-39(4)5)36-47-41(44)33-28-23-17-15-14-16-21-26-31-38(2)3/h38-40H,6-37H2,1-5H3/t40-/m1/s1. The van der Waals surface area contributed by atoms with Crippen LogP contribution >= 0.6 is 0 Å². The molecule has 0 unspecified atom stereocenters. The zero-order valence-corrected chi connectivity index (χ0v) is 33.3. The molecule has 1 atom stereocenters. The Morgan fingerprint density at radius 1 is 0.388 bits per heavy atom. The van der Waals surface area contributed by atoms with Crippen LogP contribution in [0.15, 0.2) is 0 Å². The van der Waals surface area contributed by atoms with Gasteiger partial charge in [-0.1, -0.05) is 189 Å². The predicted molar refractivity (Wildman–Crippen MR) is 206 cm³/mol. The molecule has 0 spiro atoms. The summed E-state index contributed by atoms with van der Waals surface area (Å²) in [4.78, 5) is 37.5. The topological polar surface area (TPSA) is 78.9 Å². The summed E-state index contributed by atoms with van der Waals surface area (Å²) in [5.74, 6) is 0.692. The van der Waals surface area contributed by atoms with Gasteiger partial charge in [0.1, 0.15) is 13.2 Å². The molecule has 0 aliphatic heterocycles. The fraction of sp³-hybridized carbons (Fsp3) is 0.930. The first kappa shape index (κ1) is 47.4. The maximum atomic E-state index is 12.6. The number of ether oxygens (including phenoxy) is 3. The van der Waals surface area contributed by atoms with Gasteiger partial charge in [-0.2, -0.15) is 0 Å². The molecule has 6 nitrogen and oxygen atoms in total. The van der Waals surface area contributed by atoms with Gasteiger partial charge in [0.05, 0.1) is 0 Å². The second-order valence-corrected chi connectivity index (χ2v) is 15.6. The van der Waals surface area contributed by atoms with E-state index in [0.717, 1.165) is 69.6 Å². The molecule has 0 saturated heterocycles. The van der Waals surface area contributed by atoms with Gasteiger partial charge in [-0.25, -0.2) is 0 Å². The molecule has 0 saturated carbocycles. The van der Waals surface area contributed by atoms with Crippen LogP contribution in [0.2, 0.25) is 0 Å². The van der Waals surface area contributed by atoms with Crippen molar-refractivity contribution in [3.05, 3.63) is 0 Å². The highest BCUT2D eigenvalue weighted by Gasteiger charge is 2.19. The molecule has 6 heteroatoms. The highest BCUT2D eigenvalue weighted by molar-refractivity contribution is 5.71. The molecule has 0 aliphatic rings. The molecule has 0 aliphatic carbocycles. The van der Waals surface area contributed by atoms with Crippen LogP contribution in [0.4, 0.5) is 0 Å². The van der Waals surface area contributed by atoms with Crippen molar-refractivity contribution in [3.63, 3.8) is 0 Å². The van der Waals surface area contributed by atoms with E-state index >= 15 is 0 Å². The fourth-order valence-corrected chi connectivity index (χ4v) is 6.22. The Hall–Kier alpha value is -1.59. The van der Waals surface area contributed by atoms with E-state index in [-0.39, 0.29) is 31.1 Å². The molecule has 0 amide bonds. The summed E-state index contributed by atoms with van der Waals surface area (Å²) in [6.45, 7) is 11.2. The lowest BCUT2D eigenvalue weighted by atomic mass is 10.0. The normalized spacial score (nSPS) is 12.1. The van der Waals surface area contributed by atoms with E-state index in [1.807, 2.05) is 0 Å². The lowest BCUT2D eigenvalue weighted by Gasteiger charge is -2.18. The maximum Gasteiger partial charge on any atom is 0.306 e. The van der Waals surface area contributed by atoms with Crippen molar-refractivity contribution in [1.29, 1.82) is 0 Å². The van der Waals surface area contributed by atoms with Gasteiger partial charge >= 0.3 is 17.9 Å². The number of rotatable bonds is 37. The summed E-state index contributed by atoms with van der Waals surface area (Å²) >= 11 is 0. The Kier molecular flexibility index (Phi) is 35.0. The number of carbonyl (C=O) groups is 3. The minimum absolute atomic E-state index is 0.0666. The van der Waals surface area contributed by atoms with Gasteiger partial charge in [-0.05, 0) is 31.1 Å². The van der Waals surface area contributed by atoms with Crippen molar-refractivity contribution in [2.75, 3.05) is 13.2 Å². The van der Waals surface area contributed by atoms with Crippen LogP contribution < -0.4 is 0 Å². The highest BCUT2D eigenvalue weighted by Crippen LogP contribution is 2.16. The summed E-state index contributed by atoms with van der Waals surface area (Å²) in [6.07, 6.45) is 32.4. The summed E-state index contributed by atoms with van der Waals surface area (Å²) in [7, 11) is 0. The zero-order valence-electron chi connectivity index (χ0n) is 33.3. The largest absolute Gasteiger partial charge is 0.462 e. The monoisotopic (exact) mass is 695 g/mol. The number of esters is 3. The van der Waals surface area contributed by atoms with Crippen molar-refractivity contribution < 1.29 is 28.6 Å². The van der Waals surface area contributed by atoms with Crippen LogP contribution in [-0.2, 0) is 28.6 Å². The van der Waals surface area contributed by atoms with Crippen LogP contribution in [0.5, 0.6) is 0 Å². The molecule has 0 fully saturated rings. The van der Waals surface area contributed by atoms with Crippen molar-refractivity contribution in [2.45, 2.75) is 233 Å². The average Bonchev–Trinajstić information content (AvgIpc) is 3.06. The molecule has 49 heavy (non-hydrogen) atoms. The summed E-state index contributed by atoms with van der Waals surface area (Å²) in [5.41, 5.74) is 0. The first-order valence-electron chi connectivity index (χ1n) is 21.2. The number of carbonyl (C=O) groups excluding carboxylic acids is 3. The second kappa shape index (κ2) is 36.2. The molecular weight excluding hydrogens is 612 g/mol. The van der Waals surface area contributed by atoms with Crippen molar-refractivity contribution in [1.82, 2.24) is 0 Å². The molecule has 0 bridgehead atoms. The first-order chi connectivity index (χ1) is 23.7. The minimum atomic E-state index is -0.759. The Balaban J connectivity index is 4.35. The second-order valence-electron chi connectivity index (χ2n) is 15.6. The minimum Gasteiger partial charge on any atom is -0.462 e. The predicted octanol–water partition coefficient (Wildman–Crippen LogP) is 13.0. The number of unbranched alkanes of at least 4 members (excludes halogenated alkanes) is 22. The zero-order chi connectivity index (χ0) is 36.2. The third-order valence-corrected chi connectivity index (χ3v) is 9.47. The highest BCUT2D eigenvalue weighted by atomic mass is 16.6. The van der Waals surface area contributed by atoms with Crippen LogP contribution in [0.1, 0.15) is 227 Å². The van der Waals surface area contributed by atoms with Crippen molar-refractivity contribution >= 4 is 17.9 Å². The van der Waals surface area contributed by atoms with Gasteiger partial charge in [-0.3, -0.25) is 14.4 Å². The van der Waals surface area contributed by atoms with Gasteiger partial charge < -0.3 is 14.2 Å². The Labute approximate surface area is 304 Å². The van der Waals surface area contributed by atoms with E-state index in [2.05, 4.69) is 34.6 Å². The number of hydrogen-bond donors (Lipinski definition) is 0. The van der Waals surface area contributed by atoms with Gasteiger partial charge in [0.15, 0.2) is 6.10 Å². The van der Waals surface area contributed by atoms with Gasteiger partial charge in [-0.15, -0.1) is 0 Å². The molecule has 0 aromatic carbocycles. The van der Waals surface area contributed by atoms with Crippen molar-refractivity contribution in [3.8, 4) is 0 Å². The van der Waals surface area contributed by atoms with E-state index in [1.165, 1.54) is 116 Å². The quantitative estimate of drug-likeness (QED) is 0.0366. The lowest BCUT2D eigenvalue weighted by molar-refractivity contribution is -0.167. The smallest absolute Gasteiger partial charge is 0.306 e. The molecule has 0 rings (SSSR count). The summed E-state index contributed by atoms with van der Waals surface area (Å²) in [6, 6.07) is 0. The van der Waals surface area contributed by atoms with Gasteiger partial charge in [0.2, 0.25) is 0 Å². The van der Waals surface area contributed by atoms with Crippen LogP contribution in [0.3, 0.4) is 0 Å². The fourth-order valence-electron chi connectivity index (χ4n) is 6.22. The molecule has 0 aromatic heterocycles. The molecular formula is C43H82O6. The molecule has 0 heterocycles. The third-order valence-electron chi connectivity index (χ3n) is 9.47. The van der Waals surface area contributed by atoms with Crippen LogP contribution in [0, 0.1) is 11.8 Å². The molecule has 0 N–H and O–H groups in total. The van der Waals surface area contributed by atoms with E-state index in [1.54, 1.807) is 0 Å². The van der Waals surface area contributed by atoms with Gasteiger partial charge in [0.25, 0.3) is 0 Å². The van der Waals surface area contributed by atoms with Gasteiger partial charge in [0, 0.05) is 19.3 Å². The summed E-state index contributed by atoms with van der Waals surface area (Å²) in [5, 5.41) is 0. The Bertz CT molecular complexity index is 749. The molecule has 0 aromatic rings. The van der Waals surface area contributed by atoms with E-state index in [4.69, 9.17) is 14.2 Å². The molecule has 0 radical (unpaired) electrons. The maximum absolute atomic E-state index is 12.6. The van der Waals surface area contributed by atoms with E-state index < -0.39 is 6.10 Å². The van der Waals surface area contributed by atoms with Crippen LogP contribution in [-0.4, -0.2) is 37.2 Å². The molecule has 290 valence electrons. The van der Waals surface area contributed by atoms with E-state index in [9.17, 15) is 14.4 Å². The third kappa shape index (κ3) is 37.5. The summed E-state index contributed by atoms with van der Waals surface area (Å²) < 4.78 is 16.6. The van der Waals surface area contributed by atoms with E-state index in [0.29, 0.717) is 19.3 Å². The number of hydrogen-bond acceptors (Lipinski definition) is 6. The first-order valence-corrected chi connectivity index (χ1v) is 21.2.